The fourth-order valence-corrected chi connectivity index (χ4v) is 3.98. The number of fused-ring (bicyclic) bond motifs is 3. The zero-order valence-electron chi connectivity index (χ0n) is 13.3. The number of allylic oxidation sites excluding steroid dienone is 2. The molecule has 1 aliphatic heterocycles. The van der Waals surface area contributed by atoms with Crippen molar-refractivity contribution in [1.82, 2.24) is 0 Å². The Morgan fingerprint density at radius 3 is 2.71 bits per heavy atom. The monoisotopic (exact) mass is 322 g/mol. The number of nitro groups is 1. The van der Waals surface area contributed by atoms with Crippen molar-refractivity contribution in [3.8, 4) is 5.75 Å². The van der Waals surface area contributed by atoms with Crippen LogP contribution in [0.2, 0.25) is 0 Å². The van der Waals surface area contributed by atoms with Crippen molar-refractivity contribution in [2.45, 2.75) is 18.4 Å². The number of nitrogens with one attached hydrogen (secondary N) is 1. The maximum absolute atomic E-state index is 11.5. The van der Waals surface area contributed by atoms with E-state index >= 15 is 0 Å². The molecule has 1 heterocycles. The fourth-order valence-electron chi connectivity index (χ4n) is 3.98. The third kappa shape index (κ3) is 2.16. The van der Waals surface area contributed by atoms with Crippen molar-refractivity contribution in [3.63, 3.8) is 0 Å². The number of hydrogen-bond acceptors (Lipinski definition) is 4. The minimum absolute atomic E-state index is 0.0296. The molecule has 5 heteroatoms. The first-order valence-corrected chi connectivity index (χ1v) is 8.04. The summed E-state index contributed by atoms with van der Waals surface area (Å²) in [6.07, 6.45) is 5.14. The van der Waals surface area contributed by atoms with Gasteiger partial charge in [0.05, 0.1) is 29.3 Å². The van der Waals surface area contributed by atoms with Crippen LogP contribution >= 0.6 is 0 Å². The molecule has 122 valence electrons. The average molecular weight is 322 g/mol. The largest absolute Gasteiger partial charge is 0.495 e. The van der Waals surface area contributed by atoms with Gasteiger partial charge in [-0.15, -0.1) is 0 Å². The standard InChI is InChI=1S/C19H18N2O3/c1-24-16-11-10-15(21(22)23)17-13-8-5-9-14(13)18(20-19(16)17)12-6-3-2-4-7-12/h2-8,10-11,13-14,18,20H,9H2,1H3/t13-,14+,18+/m0/s1. The topological polar surface area (TPSA) is 64.4 Å². The molecule has 0 saturated heterocycles. The molecule has 24 heavy (non-hydrogen) atoms. The summed E-state index contributed by atoms with van der Waals surface area (Å²) in [6.45, 7) is 0. The minimum atomic E-state index is -0.300. The van der Waals surface area contributed by atoms with Gasteiger partial charge < -0.3 is 10.1 Å². The first-order chi connectivity index (χ1) is 11.7. The first-order valence-electron chi connectivity index (χ1n) is 8.04. The van der Waals surface area contributed by atoms with Crippen LogP contribution in [0.15, 0.2) is 54.6 Å². The van der Waals surface area contributed by atoms with E-state index in [1.807, 2.05) is 18.2 Å². The summed E-state index contributed by atoms with van der Waals surface area (Å²) >= 11 is 0. The first kappa shape index (κ1) is 14.8. The smallest absolute Gasteiger partial charge is 0.275 e. The molecule has 0 radical (unpaired) electrons. The maximum atomic E-state index is 11.5. The lowest BCUT2D eigenvalue weighted by Gasteiger charge is -2.37. The van der Waals surface area contributed by atoms with Crippen LogP contribution in [-0.2, 0) is 0 Å². The molecule has 1 N–H and O–H groups in total. The van der Waals surface area contributed by atoms with E-state index in [4.69, 9.17) is 4.74 Å². The molecule has 0 fully saturated rings. The van der Waals surface area contributed by atoms with Crippen molar-refractivity contribution in [2.24, 2.45) is 5.92 Å². The molecule has 0 bridgehead atoms. The number of anilines is 1. The van der Waals surface area contributed by atoms with Crippen molar-refractivity contribution in [1.29, 1.82) is 0 Å². The Kier molecular flexibility index (Phi) is 3.49. The molecule has 5 nitrogen and oxygen atoms in total. The highest BCUT2D eigenvalue weighted by Gasteiger charge is 2.42. The summed E-state index contributed by atoms with van der Waals surface area (Å²) in [5, 5.41) is 15.1. The molecule has 3 atom stereocenters. The Hall–Kier alpha value is -2.82. The van der Waals surface area contributed by atoms with Crippen molar-refractivity contribution < 1.29 is 9.66 Å². The van der Waals surface area contributed by atoms with Crippen LogP contribution in [0.1, 0.15) is 29.5 Å². The number of hydrogen-bond donors (Lipinski definition) is 1. The van der Waals surface area contributed by atoms with Crippen molar-refractivity contribution in [3.05, 3.63) is 75.9 Å². The SMILES string of the molecule is COc1ccc([N+](=O)[O-])c2c1N[C@H](c1ccccc1)[C@@H]1CC=C[C@H]21. The van der Waals surface area contributed by atoms with E-state index in [-0.39, 0.29) is 28.5 Å². The lowest BCUT2D eigenvalue weighted by atomic mass is 9.76. The van der Waals surface area contributed by atoms with Gasteiger partial charge in [0.25, 0.3) is 5.69 Å². The van der Waals surface area contributed by atoms with E-state index in [2.05, 4.69) is 29.6 Å². The van der Waals surface area contributed by atoms with Gasteiger partial charge in [-0.3, -0.25) is 10.1 Å². The Morgan fingerprint density at radius 2 is 2.00 bits per heavy atom. The summed E-state index contributed by atoms with van der Waals surface area (Å²) in [5.74, 6) is 0.947. The number of methoxy groups -OCH3 is 1. The summed E-state index contributed by atoms with van der Waals surface area (Å²) < 4.78 is 5.47. The van der Waals surface area contributed by atoms with Gasteiger partial charge in [0.15, 0.2) is 0 Å². The van der Waals surface area contributed by atoms with Gasteiger partial charge >= 0.3 is 0 Å². The molecule has 0 amide bonds. The van der Waals surface area contributed by atoms with Gasteiger partial charge in [0.2, 0.25) is 0 Å². The molecule has 0 saturated carbocycles. The minimum Gasteiger partial charge on any atom is -0.495 e. The van der Waals surface area contributed by atoms with Crippen LogP contribution in [0.3, 0.4) is 0 Å². The van der Waals surface area contributed by atoms with E-state index in [9.17, 15) is 10.1 Å². The van der Waals surface area contributed by atoms with Crippen LogP contribution in [0.4, 0.5) is 11.4 Å². The van der Waals surface area contributed by atoms with Gasteiger partial charge in [-0.25, -0.2) is 0 Å². The van der Waals surface area contributed by atoms with E-state index in [0.717, 1.165) is 17.7 Å². The normalized spacial score (nSPS) is 24.0. The number of nitrogens with zero attached hydrogens (tertiary/aromatic N) is 1. The molecule has 4 rings (SSSR count). The Morgan fingerprint density at radius 1 is 1.21 bits per heavy atom. The van der Waals surface area contributed by atoms with E-state index < -0.39 is 0 Å². The number of rotatable bonds is 3. The third-order valence-corrected chi connectivity index (χ3v) is 5.03. The molecular formula is C19H18N2O3. The molecule has 0 spiro atoms. The van der Waals surface area contributed by atoms with Crippen LogP contribution < -0.4 is 10.1 Å². The fraction of sp³-hybridized carbons (Fsp3) is 0.263. The quantitative estimate of drug-likeness (QED) is 0.516. The number of ether oxygens (including phenoxy) is 1. The van der Waals surface area contributed by atoms with E-state index in [1.165, 1.54) is 5.56 Å². The zero-order valence-corrected chi connectivity index (χ0v) is 13.3. The van der Waals surface area contributed by atoms with Crippen LogP contribution in [0.5, 0.6) is 5.75 Å². The molecule has 2 aromatic rings. The molecule has 0 unspecified atom stereocenters. The van der Waals surface area contributed by atoms with E-state index in [1.54, 1.807) is 19.2 Å². The van der Waals surface area contributed by atoms with Gasteiger partial charge in [-0.2, -0.15) is 0 Å². The maximum Gasteiger partial charge on any atom is 0.275 e. The average Bonchev–Trinajstić information content (AvgIpc) is 3.10. The lowest BCUT2D eigenvalue weighted by molar-refractivity contribution is -0.385. The summed E-state index contributed by atoms with van der Waals surface area (Å²) in [6, 6.07) is 13.6. The lowest BCUT2D eigenvalue weighted by Crippen LogP contribution is -2.30. The van der Waals surface area contributed by atoms with Gasteiger partial charge in [0.1, 0.15) is 5.75 Å². The van der Waals surface area contributed by atoms with Crippen molar-refractivity contribution >= 4 is 11.4 Å². The highest BCUT2D eigenvalue weighted by atomic mass is 16.6. The van der Waals surface area contributed by atoms with Crippen molar-refractivity contribution in [2.75, 3.05) is 12.4 Å². The zero-order chi connectivity index (χ0) is 16.7. The Labute approximate surface area is 140 Å². The van der Waals surface area contributed by atoms with Crippen LogP contribution in [0, 0.1) is 16.0 Å². The number of nitro benzene ring substituents is 1. The Balaban J connectivity index is 1.90. The molecule has 2 aromatic carbocycles. The summed E-state index contributed by atoms with van der Waals surface area (Å²) in [5.41, 5.74) is 2.83. The predicted octanol–water partition coefficient (Wildman–Crippen LogP) is 4.43. The van der Waals surface area contributed by atoms with Gasteiger partial charge in [-0.05, 0) is 24.0 Å². The highest BCUT2D eigenvalue weighted by molar-refractivity contribution is 5.73. The van der Waals surface area contributed by atoms with E-state index in [0.29, 0.717) is 5.75 Å². The Bertz CT molecular complexity index is 817. The summed E-state index contributed by atoms with van der Waals surface area (Å²) in [4.78, 5) is 11.2. The summed E-state index contributed by atoms with van der Waals surface area (Å²) in [7, 11) is 1.59. The second-order valence-corrected chi connectivity index (χ2v) is 6.22. The van der Waals surface area contributed by atoms with Crippen LogP contribution in [-0.4, -0.2) is 12.0 Å². The number of benzene rings is 2. The highest BCUT2D eigenvalue weighted by Crippen LogP contribution is 2.54. The van der Waals surface area contributed by atoms with Crippen LogP contribution in [0.25, 0.3) is 0 Å². The molecule has 2 aliphatic rings. The second-order valence-electron chi connectivity index (χ2n) is 6.22. The third-order valence-electron chi connectivity index (χ3n) is 5.03. The second kappa shape index (κ2) is 5.67. The van der Waals surface area contributed by atoms with Gasteiger partial charge in [-0.1, -0.05) is 42.5 Å². The molecule has 1 aliphatic carbocycles. The van der Waals surface area contributed by atoms with Gasteiger partial charge in [0, 0.05) is 12.0 Å². The predicted molar refractivity (Wildman–Crippen MR) is 92.4 cm³/mol. The molecule has 0 aromatic heterocycles. The molecular weight excluding hydrogens is 304 g/mol.